The number of alkyl halides is 1. The van der Waals surface area contributed by atoms with Gasteiger partial charge in [-0.1, -0.05) is 42.5 Å². The molecule has 0 heterocycles. The maximum Gasteiger partial charge on any atom is 0.163 e. The van der Waals surface area contributed by atoms with Crippen LogP contribution in [-0.4, -0.2) is 18.3 Å². The van der Waals surface area contributed by atoms with Crippen molar-refractivity contribution in [1.29, 1.82) is 0 Å². The topological polar surface area (TPSA) is 26.3 Å². The number of rotatable bonds is 5. The lowest BCUT2D eigenvalue weighted by Gasteiger charge is -2.11. The van der Waals surface area contributed by atoms with Crippen molar-refractivity contribution in [3.05, 3.63) is 54.1 Å². The smallest absolute Gasteiger partial charge is 0.163 e. The van der Waals surface area contributed by atoms with E-state index in [0.717, 1.165) is 10.8 Å². The van der Waals surface area contributed by atoms with Gasteiger partial charge in [-0.2, -0.15) is 0 Å². The molecule has 0 atom stereocenters. The number of halogens is 1. The summed E-state index contributed by atoms with van der Waals surface area (Å²) in [5, 5.41) is 2.01. The van der Waals surface area contributed by atoms with E-state index in [2.05, 4.69) is 0 Å². The molecule has 0 aliphatic rings. The number of benzene rings is 2. The summed E-state index contributed by atoms with van der Waals surface area (Å²) >= 11 is 5.56. The highest BCUT2D eigenvalue weighted by Crippen LogP contribution is 2.30. The molecule has 98 valence electrons. The summed E-state index contributed by atoms with van der Waals surface area (Å²) in [6, 6.07) is 11.6. The monoisotopic (exact) mass is 274 g/mol. The quantitative estimate of drug-likeness (QED) is 0.464. The molecule has 2 nitrogen and oxygen atoms in total. The molecule has 19 heavy (non-hydrogen) atoms. The molecular formula is C16H15ClO2. The van der Waals surface area contributed by atoms with Gasteiger partial charge in [-0.05, 0) is 18.4 Å². The lowest BCUT2D eigenvalue weighted by Crippen LogP contribution is -2.02. The van der Waals surface area contributed by atoms with Gasteiger partial charge in [0.1, 0.15) is 12.4 Å². The third-order valence-corrected chi connectivity index (χ3v) is 3.02. The van der Waals surface area contributed by atoms with Gasteiger partial charge >= 0.3 is 0 Å². The predicted molar refractivity (Wildman–Crippen MR) is 79.3 cm³/mol. The van der Waals surface area contributed by atoms with Crippen LogP contribution in [0.3, 0.4) is 0 Å². The molecule has 0 N–H and O–H groups in total. The number of carbonyl (C=O) groups excluding carboxylic acids is 1. The SMILES string of the molecule is CC(=O)c1ccc2ccccc2c1OCC=CCCl. The number of ketones is 1. The third kappa shape index (κ3) is 3.15. The van der Waals surface area contributed by atoms with E-state index in [1.807, 2.05) is 48.6 Å². The molecule has 0 bridgehead atoms. The van der Waals surface area contributed by atoms with Crippen LogP contribution in [0.1, 0.15) is 17.3 Å². The summed E-state index contributed by atoms with van der Waals surface area (Å²) in [6.45, 7) is 1.95. The summed E-state index contributed by atoms with van der Waals surface area (Å²) in [5.74, 6) is 1.10. The van der Waals surface area contributed by atoms with Crippen LogP contribution in [0.2, 0.25) is 0 Å². The van der Waals surface area contributed by atoms with E-state index in [4.69, 9.17) is 16.3 Å². The van der Waals surface area contributed by atoms with Crippen LogP contribution in [0.25, 0.3) is 10.8 Å². The number of fused-ring (bicyclic) bond motifs is 1. The lowest BCUT2D eigenvalue weighted by molar-refractivity contribution is 0.101. The van der Waals surface area contributed by atoms with E-state index >= 15 is 0 Å². The van der Waals surface area contributed by atoms with Crippen molar-refractivity contribution in [2.24, 2.45) is 0 Å². The Hall–Kier alpha value is -1.80. The van der Waals surface area contributed by atoms with E-state index in [9.17, 15) is 4.79 Å². The maximum absolute atomic E-state index is 11.7. The molecule has 0 aromatic heterocycles. The number of carbonyl (C=O) groups is 1. The molecular weight excluding hydrogens is 260 g/mol. The third-order valence-electron chi connectivity index (χ3n) is 2.84. The average molecular weight is 275 g/mol. The van der Waals surface area contributed by atoms with Crippen molar-refractivity contribution in [3.63, 3.8) is 0 Å². The predicted octanol–water partition coefficient (Wildman–Crippen LogP) is 4.22. The van der Waals surface area contributed by atoms with Gasteiger partial charge in [-0.25, -0.2) is 0 Å². The maximum atomic E-state index is 11.7. The molecule has 0 radical (unpaired) electrons. The zero-order valence-corrected chi connectivity index (χ0v) is 11.5. The molecule has 3 heteroatoms. The first-order valence-electron chi connectivity index (χ1n) is 6.10. The molecule has 0 spiro atoms. The summed E-state index contributed by atoms with van der Waals surface area (Å²) in [4.78, 5) is 11.7. The number of allylic oxidation sites excluding steroid dienone is 1. The van der Waals surface area contributed by atoms with Crippen LogP contribution in [0.4, 0.5) is 0 Å². The zero-order valence-electron chi connectivity index (χ0n) is 10.7. The molecule has 0 saturated heterocycles. The van der Waals surface area contributed by atoms with E-state index in [-0.39, 0.29) is 5.78 Å². The standard InChI is InChI=1S/C16H15ClO2/c1-12(18)14-9-8-13-6-2-3-7-15(13)16(14)19-11-5-4-10-17/h2-9H,10-11H2,1H3. The van der Waals surface area contributed by atoms with Gasteiger partial charge in [0, 0.05) is 11.3 Å². The Morgan fingerprint density at radius 3 is 2.74 bits per heavy atom. The normalized spacial score (nSPS) is 11.1. The highest BCUT2D eigenvalue weighted by atomic mass is 35.5. The van der Waals surface area contributed by atoms with E-state index in [1.165, 1.54) is 0 Å². The molecule has 0 saturated carbocycles. The Labute approximate surface area is 117 Å². The largest absolute Gasteiger partial charge is 0.488 e. The van der Waals surface area contributed by atoms with Crippen molar-refractivity contribution in [2.75, 3.05) is 12.5 Å². The first-order valence-corrected chi connectivity index (χ1v) is 6.64. The first kappa shape index (κ1) is 13.6. The molecule has 0 unspecified atom stereocenters. The molecule has 2 aromatic rings. The van der Waals surface area contributed by atoms with Gasteiger partial charge in [0.15, 0.2) is 5.78 Å². The van der Waals surface area contributed by atoms with Crippen molar-refractivity contribution in [1.82, 2.24) is 0 Å². The Balaban J connectivity index is 2.43. The second-order valence-corrected chi connectivity index (χ2v) is 4.46. The minimum atomic E-state index is 0.00192. The summed E-state index contributed by atoms with van der Waals surface area (Å²) < 4.78 is 5.75. The van der Waals surface area contributed by atoms with Gasteiger partial charge in [-0.15, -0.1) is 11.6 Å². The Morgan fingerprint density at radius 2 is 2.00 bits per heavy atom. The highest BCUT2D eigenvalue weighted by molar-refractivity contribution is 6.18. The van der Waals surface area contributed by atoms with Crippen molar-refractivity contribution < 1.29 is 9.53 Å². The molecule has 0 amide bonds. The Kier molecular flexibility index (Phi) is 4.58. The van der Waals surface area contributed by atoms with Crippen LogP contribution in [0, 0.1) is 0 Å². The second-order valence-electron chi connectivity index (χ2n) is 4.16. The second kappa shape index (κ2) is 6.39. The minimum absolute atomic E-state index is 0.00192. The van der Waals surface area contributed by atoms with Gasteiger partial charge in [0.2, 0.25) is 0 Å². The molecule has 2 rings (SSSR count). The first-order chi connectivity index (χ1) is 9.24. The fourth-order valence-corrected chi connectivity index (χ4v) is 2.06. The Bertz CT molecular complexity index is 617. The summed E-state index contributed by atoms with van der Waals surface area (Å²) in [5.41, 5.74) is 0.609. The highest BCUT2D eigenvalue weighted by Gasteiger charge is 2.11. The van der Waals surface area contributed by atoms with Crippen LogP contribution in [-0.2, 0) is 0 Å². The van der Waals surface area contributed by atoms with E-state index in [1.54, 1.807) is 6.92 Å². The van der Waals surface area contributed by atoms with Crippen LogP contribution < -0.4 is 4.74 Å². The number of ether oxygens (including phenoxy) is 1. The number of hydrogen-bond donors (Lipinski definition) is 0. The van der Waals surface area contributed by atoms with Crippen LogP contribution in [0.5, 0.6) is 5.75 Å². The Morgan fingerprint density at radius 1 is 1.21 bits per heavy atom. The minimum Gasteiger partial charge on any atom is -0.488 e. The number of Topliss-reactive ketones (excluding diaryl/α,β-unsaturated/α-hetero) is 1. The molecule has 0 aliphatic heterocycles. The lowest BCUT2D eigenvalue weighted by atomic mass is 10.0. The van der Waals surface area contributed by atoms with E-state index in [0.29, 0.717) is 23.8 Å². The van der Waals surface area contributed by atoms with Gasteiger partial charge < -0.3 is 4.74 Å². The number of hydrogen-bond acceptors (Lipinski definition) is 2. The van der Waals surface area contributed by atoms with Crippen LogP contribution in [0.15, 0.2) is 48.6 Å². The van der Waals surface area contributed by atoms with Gasteiger partial charge in [0.05, 0.1) is 5.56 Å². The van der Waals surface area contributed by atoms with Crippen LogP contribution >= 0.6 is 11.6 Å². The van der Waals surface area contributed by atoms with Crippen molar-refractivity contribution in [3.8, 4) is 5.75 Å². The fourth-order valence-electron chi connectivity index (χ4n) is 1.94. The zero-order chi connectivity index (χ0) is 13.7. The van der Waals surface area contributed by atoms with E-state index < -0.39 is 0 Å². The summed E-state index contributed by atoms with van der Waals surface area (Å²) in [6.07, 6.45) is 3.67. The molecule has 0 fully saturated rings. The fraction of sp³-hybridized carbons (Fsp3) is 0.188. The van der Waals surface area contributed by atoms with Gasteiger partial charge in [-0.3, -0.25) is 4.79 Å². The molecule has 2 aromatic carbocycles. The summed E-state index contributed by atoms with van der Waals surface area (Å²) in [7, 11) is 0. The van der Waals surface area contributed by atoms with Gasteiger partial charge in [0.25, 0.3) is 0 Å². The average Bonchev–Trinajstić information content (AvgIpc) is 2.43. The van der Waals surface area contributed by atoms with Crippen molar-refractivity contribution >= 4 is 28.2 Å². The molecule has 0 aliphatic carbocycles. The van der Waals surface area contributed by atoms with Crippen molar-refractivity contribution in [2.45, 2.75) is 6.92 Å².